The van der Waals surface area contributed by atoms with Gasteiger partial charge in [-0.05, 0) is 83.6 Å². The van der Waals surface area contributed by atoms with Gasteiger partial charge in [0.2, 0.25) is 0 Å². The second-order valence-electron chi connectivity index (χ2n) is 19.2. The maximum Gasteiger partial charge on any atom is 0.306 e. The summed E-state index contributed by atoms with van der Waals surface area (Å²) in [5, 5.41) is 0. The fourth-order valence-corrected chi connectivity index (χ4v) is 8.56. The number of esters is 4. The first-order valence-corrected chi connectivity index (χ1v) is 28.2. The second-order valence-corrected chi connectivity index (χ2v) is 19.2. The third-order valence-electron chi connectivity index (χ3n) is 12.9. The molecule has 384 valence electrons. The van der Waals surface area contributed by atoms with Crippen LogP contribution in [0.3, 0.4) is 0 Å². The Morgan fingerprint density at radius 1 is 0.323 bits per heavy atom. The van der Waals surface area contributed by atoms with E-state index in [-0.39, 0.29) is 36.1 Å². The molecule has 0 aliphatic carbocycles. The van der Waals surface area contributed by atoms with Gasteiger partial charge in [0.1, 0.15) is 25.4 Å². The maximum absolute atomic E-state index is 12.7. The number of nitrogens with zero attached hydrogens (tertiary/aromatic N) is 1. The van der Waals surface area contributed by atoms with Crippen LogP contribution in [0.2, 0.25) is 0 Å². The molecule has 0 N–H and O–H groups in total. The highest BCUT2D eigenvalue weighted by atomic mass is 16.6. The van der Waals surface area contributed by atoms with Gasteiger partial charge in [0.25, 0.3) is 0 Å². The number of carbonyl (C=O) groups excluding carboxylic acids is 4. The van der Waals surface area contributed by atoms with E-state index in [1.54, 1.807) is 0 Å². The molecule has 0 heterocycles. The van der Waals surface area contributed by atoms with Crippen molar-refractivity contribution in [3.8, 4) is 0 Å². The Morgan fingerprint density at radius 2 is 0.569 bits per heavy atom. The monoisotopic (exact) mass is 922 g/mol. The maximum atomic E-state index is 12.7. The molecule has 0 aromatic heterocycles. The van der Waals surface area contributed by atoms with Crippen molar-refractivity contribution in [3.05, 3.63) is 0 Å². The molecule has 0 fully saturated rings. The molecule has 0 aromatic rings. The highest BCUT2D eigenvalue weighted by Gasteiger charge is 2.16. The largest absolute Gasteiger partial charge is 0.464 e. The Kier molecular flexibility index (Phi) is 48.1. The normalized spacial score (nSPS) is 11.5. The Bertz CT molecular complexity index is 957. The molecule has 0 saturated carbocycles. The average Bonchev–Trinajstić information content (AvgIpc) is 3.29. The Hall–Kier alpha value is -2.16. The zero-order valence-corrected chi connectivity index (χ0v) is 43.7. The van der Waals surface area contributed by atoms with Crippen LogP contribution < -0.4 is 0 Å². The van der Waals surface area contributed by atoms with Crippen LogP contribution in [0.15, 0.2) is 0 Å². The quantitative estimate of drug-likeness (QED) is 0.0335. The molecule has 0 bridgehead atoms. The lowest BCUT2D eigenvalue weighted by Gasteiger charge is -2.20. The van der Waals surface area contributed by atoms with Gasteiger partial charge in [0.05, 0.1) is 0 Å². The zero-order valence-electron chi connectivity index (χ0n) is 43.7. The summed E-state index contributed by atoms with van der Waals surface area (Å²) in [6, 6.07) is 0. The van der Waals surface area contributed by atoms with E-state index >= 15 is 0 Å². The number of rotatable bonds is 51. The van der Waals surface area contributed by atoms with Crippen LogP contribution >= 0.6 is 0 Å². The molecule has 0 amide bonds. The predicted molar refractivity (Wildman–Crippen MR) is 271 cm³/mol. The van der Waals surface area contributed by atoms with Gasteiger partial charge in [-0.25, -0.2) is 0 Å². The average molecular weight is 922 g/mol. The van der Waals surface area contributed by atoms with Crippen molar-refractivity contribution < 1.29 is 38.1 Å². The standard InChI is InChI=1S/C56H107NO8/c1-6-11-15-19-23-31-39-51(40-32-24-20-16-12-7-2)64-55(60)45-37-29-27-35-43-53(58)62-49-47-57(10-5)48-50-63-54(59)44-36-28-30-38-46-56(61)65-52(41-33-25-21-17-13-8-3)42-34-26-22-18-14-9-4/h51-52H,6-50H2,1-5H3. The molecular formula is C56H107NO8. The van der Waals surface area contributed by atoms with Crippen molar-refractivity contribution >= 4 is 23.9 Å². The third-order valence-corrected chi connectivity index (χ3v) is 12.9. The van der Waals surface area contributed by atoms with E-state index in [9.17, 15) is 19.2 Å². The van der Waals surface area contributed by atoms with Gasteiger partial charge in [-0.3, -0.25) is 24.1 Å². The summed E-state index contributed by atoms with van der Waals surface area (Å²) in [6.45, 7) is 13.6. The Balaban J connectivity index is 4.12. The van der Waals surface area contributed by atoms with Gasteiger partial charge < -0.3 is 18.9 Å². The van der Waals surface area contributed by atoms with Crippen LogP contribution in [0, 0.1) is 0 Å². The Labute approximate surface area is 402 Å². The molecule has 0 atom stereocenters. The second kappa shape index (κ2) is 49.7. The third kappa shape index (κ3) is 45.4. The van der Waals surface area contributed by atoms with Crippen LogP contribution in [0.4, 0.5) is 0 Å². The molecule has 0 aromatic carbocycles. The zero-order chi connectivity index (χ0) is 47.7. The number of hydrogen-bond donors (Lipinski definition) is 0. The molecule has 0 aliphatic heterocycles. The first-order valence-electron chi connectivity index (χ1n) is 28.2. The van der Waals surface area contributed by atoms with Crippen LogP contribution in [-0.4, -0.2) is 73.8 Å². The van der Waals surface area contributed by atoms with Crippen LogP contribution in [0.25, 0.3) is 0 Å². The van der Waals surface area contributed by atoms with Crippen molar-refractivity contribution in [2.75, 3.05) is 32.8 Å². The molecule has 0 spiro atoms. The molecule has 0 radical (unpaired) electrons. The fraction of sp³-hybridized carbons (Fsp3) is 0.929. The van der Waals surface area contributed by atoms with Gasteiger partial charge >= 0.3 is 23.9 Å². The topological polar surface area (TPSA) is 108 Å². The molecule has 0 aliphatic rings. The van der Waals surface area contributed by atoms with Crippen molar-refractivity contribution in [1.29, 1.82) is 0 Å². The van der Waals surface area contributed by atoms with E-state index in [0.717, 1.165) is 109 Å². The minimum absolute atomic E-state index is 0.0580. The van der Waals surface area contributed by atoms with E-state index in [1.165, 1.54) is 128 Å². The summed E-state index contributed by atoms with van der Waals surface area (Å²) in [6.07, 6.45) is 42.5. The highest BCUT2D eigenvalue weighted by Crippen LogP contribution is 2.20. The summed E-state index contributed by atoms with van der Waals surface area (Å²) < 4.78 is 22.9. The van der Waals surface area contributed by atoms with Gasteiger partial charge in [-0.15, -0.1) is 0 Å². The van der Waals surface area contributed by atoms with E-state index in [4.69, 9.17) is 18.9 Å². The van der Waals surface area contributed by atoms with Crippen molar-refractivity contribution in [2.45, 2.75) is 304 Å². The number of hydrogen-bond acceptors (Lipinski definition) is 9. The van der Waals surface area contributed by atoms with Crippen LogP contribution in [0.5, 0.6) is 0 Å². The van der Waals surface area contributed by atoms with Crippen LogP contribution in [0.1, 0.15) is 291 Å². The summed E-state index contributed by atoms with van der Waals surface area (Å²) in [4.78, 5) is 52.3. The SMILES string of the molecule is CCCCCCCCC(CCCCCCCC)OC(=O)CCCCCCC(=O)OCCN(CC)CCOC(=O)CCCCCCC(=O)OC(CCCCCCCC)CCCCCCCC. The summed E-state index contributed by atoms with van der Waals surface area (Å²) in [5.41, 5.74) is 0. The smallest absolute Gasteiger partial charge is 0.306 e. The number of unbranched alkanes of at least 4 members (excludes halogenated alkanes) is 26. The summed E-state index contributed by atoms with van der Waals surface area (Å²) in [5.74, 6) is -0.507. The summed E-state index contributed by atoms with van der Waals surface area (Å²) in [7, 11) is 0. The molecule has 65 heavy (non-hydrogen) atoms. The fourth-order valence-electron chi connectivity index (χ4n) is 8.56. The van der Waals surface area contributed by atoms with Gasteiger partial charge in [0.15, 0.2) is 0 Å². The van der Waals surface area contributed by atoms with E-state index in [2.05, 4.69) is 32.6 Å². The minimum atomic E-state index is -0.188. The van der Waals surface area contributed by atoms with Gasteiger partial charge in [-0.1, -0.05) is 189 Å². The lowest BCUT2D eigenvalue weighted by Crippen LogP contribution is -2.32. The van der Waals surface area contributed by atoms with E-state index in [0.29, 0.717) is 52.0 Å². The predicted octanol–water partition coefficient (Wildman–Crippen LogP) is 15.9. The van der Waals surface area contributed by atoms with Gasteiger partial charge in [-0.2, -0.15) is 0 Å². The van der Waals surface area contributed by atoms with Crippen molar-refractivity contribution in [1.82, 2.24) is 4.90 Å². The number of likely N-dealkylation sites (N-methyl/N-ethyl adjacent to an activating group) is 1. The number of carbonyl (C=O) groups is 4. The van der Waals surface area contributed by atoms with Crippen molar-refractivity contribution in [3.63, 3.8) is 0 Å². The Morgan fingerprint density at radius 3 is 0.846 bits per heavy atom. The lowest BCUT2D eigenvalue weighted by atomic mass is 10.0. The molecule has 9 nitrogen and oxygen atoms in total. The number of ether oxygens (including phenoxy) is 4. The summed E-state index contributed by atoms with van der Waals surface area (Å²) >= 11 is 0. The van der Waals surface area contributed by atoms with Crippen molar-refractivity contribution in [2.24, 2.45) is 0 Å². The highest BCUT2D eigenvalue weighted by molar-refractivity contribution is 5.70. The molecule has 0 rings (SSSR count). The molecular weight excluding hydrogens is 815 g/mol. The van der Waals surface area contributed by atoms with E-state index < -0.39 is 0 Å². The molecule has 9 heteroatoms. The first kappa shape index (κ1) is 62.8. The molecule has 0 saturated heterocycles. The lowest BCUT2D eigenvalue weighted by molar-refractivity contribution is -0.151. The van der Waals surface area contributed by atoms with Gasteiger partial charge in [0, 0.05) is 38.8 Å². The minimum Gasteiger partial charge on any atom is -0.464 e. The van der Waals surface area contributed by atoms with Crippen LogP contribution in [-0.2, 0) is 38.1 Å². The first-order chi connectivity index (χ1) is 31.8. The van der Waals surface area contributed by atoms with E-state index in [1.807, 2.05) is 6.92 Å². The molecule has 0 unspecified atom stereocenters.